The fraction of sp³-hybridized carbons (Fsp3) is 0.417. The van der Waals surface area contributed by atoms with Crippen LogP contribution in [0.25, 0.3) is 0 Å². The largest absolute Gasteiger partial charge is 0.337 e. The minimum absolute atomic E-state index is 0.0496. The van der Waals surface area contributed by atoms with Gasteiger partial charge in [0.25, 0.3) is 5.91 Å². The molecule has 1 aromatic carbocycles. The lowest BCUT2D eigenvalue weighted by molar-refractivity contribution is 0.0787. The third kappa shape index (κ3) is 2.73. The van der Waals surface area contributed by atoms with Crippen LogP contribution in [0.4, 0.5) is 0 Å². The molecular weight excluding hydrogens is 259 g/mol. The van der Waals surface area contributed by atoms with Crippen molar-refractivity contribution < 1.29 is 4.79 Å². The Morgan fingerprint density at radius 1 is 1.29 bits per heavy atom. The van der Waals surface area contributed by atoms with Gasteiger partial charge in [-0.05, 0) is 24.1 Å². The van der Waals surface area contributed by atoms with Crippen LogP contribution in [0.1, 0.15) is 17.3 Å². The third-order valence-electron chi connectivity index (χ3n) is 3.07. The number of nitrogens with two attached hydrogens (primary N) is 1. The summed E-state index contributed by atoms with van der Waals surface area (Å²) in [6, 6.07) is 4.92. The molecule has 92 valence electrons. The maximum atomic E-state index is 12.2. The molecule has 0 aromatic heterocycles. The predicted molar refractivity (Wildman–Crippen MR) is 69.5 cm³/mol. The Kier molecular flexibility index (Phi) is 3.61. The quantitative estimate of drug-likeness (QED) is 0.854. The first-order valence-electron chi connectivity index (χ1n) is 5.48. The Morgan fingerprint density at radius 2 is 1.88 bits per heavy atom. The number of rotatable bonds is 1. The molecule has 2 atom stereocenters. The molecule has 1 aliphatic rings. The summed E-state index contributed by atoms with van der Waals surface area (Å²) in [6.07, 6.45) is 0. The zero-order chi connectivity index (χ0) is 12.6. The topological polar surface area (TPSA) is 46.3 Å². The average molecular weight is 273 g/mol. The first kappa shape index (κ1) is 12.7. The van der Waals surface area contributed by atoms with Crippen molar-refractivity contribution in [1.29, 1.82) is 0 Å². The minimum Gasteiger partial charge on any atom is -0.337 e. The third-order valence-corrected chi connectivity index (χ3v) is 3.50. The average Bonchev–Trinajstić information content (AvgIpc) is 2.57. The van der Waals surface area contributed by atoms with E-state index in [1.165, 1.54) is 0 Å². The second-order valence-electron chi connectivity index (χ2n) is 4.51. The molecule has 1 aliphatic heterocycles. The number of amides is 1. The smallest absolute Gasteiger partial charge is 0.254 e. The van der Waals surface area contributed by atoms with E-state index in [9.17, 15) is 4.79 Å². The Bertz CT molecular complexity index is 420. The monoisotopic (exact) mass is 272 g/mol. The van der Waals surface area contributed by atoms with Crippen molar-refractivity contribution in [2.75, 3.05) is 13.1 Å². The second-order valence-corrected chi connectivity index (χ2v) is 5.38. The van der Waals surface area contributed by atoms with Crippen LogP contribution in [-0.4, -0.2) is 29.9 Å². The summed E-state index contributed by atoms with van der Waals surface area (Å²) in [5.74, 6) is 0.266. The van der Waals surface area contributed by atoms with Crippen LogP contribution >= 0.6 is 23.2 Å². The van der Waals surface area contributed by atoms with Crippen LogP contribution in [0.2, 0.25) is 10.0 Å². The summed E-state index contributed by atoms with van der Waals surface area (Å²) in [6.45, 7) is 3.32. The zero-order valence-electron chi connectivity index (χ0n) is 9.49. The van der Waals surface area contributed by atoms with E-state index in [1.807, 2.05) is 6.92 Å². The fourth-order valence-electron chi connectivity index (χ4n) is 2.02. The van der Waals surface area contributed by atoms with Crippen molar-refractivity contribution in [2.45, 2.75) is 13.0 Å². The lowest BCUT2D eigenvalue weighted by Crippen LogP contribution is -2.32. The lowest BCUT2D eigenvalue weighted by atomic mass is 10.1. The van der Waals surface area contributed by atoms with Gasteiger partial charge in [-0.1, -0.05) is 30.1 Å². The van der Waals surface area contributed by atoms with Gasteiger partial charge in [-0.15, -0.1) is 0 Å². The van der Waals surface area contributed by atoms with Gasteiger partial charge in [0.15, 0.2) is 0 Å². The molecule has 0 aliphatic carbocycles. The summed E-state index contributed by atoms with van der Waals surface area (Å²) in [5, 5.41) is 0.940. The molecule has 0 radical (unpaired) electrons. The molecule has 1 fully saturated rings. The highest BCUT2D eigenvalue weighted by atomic mass is 35.5. The number of carbonyl (C=O) groups excluding carboxylic acids is 1. The highest BCUT2D eigenvalue weighted by molar-refractivity contribution is 6.35. The van der Waals surface area contributed by atoms with E-state index in [1.54, 1.807) is 23.1 Å². The van der Waals surface area contributed by atoms with E-state index in [2.05, 4.69) is 0 Å². The van der Waals surface area contributed by atoms with Gasteiger partial charge in [0.05, 0.1) is 0 Å². The Morgan fingerprint density at radius 3 is 2.35 bits per heavy atom. The Hall–Kier alpha value is -0.770. The van der Waals surface area contributed by atoms with Gasteiger partial charge in [-0.3, -0.25) is 4.79 Å². The predicted octanol–water partition coefficient (Wildman–Crippen LogP) is 2.41. The Balaban J connectivity index is 2.20. The summed E-state index contributed by atoms with van der Waals surface area (Å²) in [4.78, 5) is 13.9. The normalized spacial score (nSPS) is 24.1. The number of likely N-dealkylation sites (tertiary alicyclic amines) is 1. The number of nitrogens with zero attached hydrogens (tertiary/aromatic N) is 1. The van der Waals surface area contributed by atoms with E-state index in [-0.39, 0.29) is 11.9 Å². The van der Waals surface area contributed by atoms with E-state index in [4.69, 9.17) is 28.9 Å². The van der Waals surface area contributed by atoms with Crippen molar-refractivity contribution >= 4 is 29.1 Å². The Labute approximate surface area is 110 Å². The maximum Gasteiger partial charge on any atom is 0.254 e. The highest BCUT2D eigenvalue weighted by Gasteiger charge is 2.30. The van der Waals surface area contributed by atoms with Crippen molar-refractivity contribution in [3.05, 3.63) is 33.8 Å². The standard InChI is InChI=1S/C12H14Cl2N2O/c1-7-5-16(6-11(7)15)12(17)8-2-9(13)4-10(14)3-8/h2-4,7,11H,5-6,15H2,1H3. The van der Waals surface area contributed by atoms with Crippen LogP contribution in [0.3, 0.4) is 0 Å². The summed E-state index contributed by atoms with van der Waals surface area (Å²) in [7, 11) is 0. The van der Waals surface area contributed by atoms with Crippen LogP contribution in [0.15, 0.2) is 18.2 Å². The van der Waals surface area contributed by atoms with E-state index in [0.29, 0.717) is 34.6 Å². The fourth-order valence-corrected chi connectivity index (χ4v) is 2.54. The van der Waals surface area contributed by atoms with Crippen molar-refractivity contribution in [3.8, 4) is 0 Å². The highest BCUT2D eigenvalue weighted by Crippen LogP contribution is 2.22. The molecule has 2 unspecified atom stereocenters. The molecule has 3 nitrogen and oxygen atoms in total. The van der Waals surface area contributed by atoms with E-state index < -0.39 is 0 Å². The molecule has 5 heteroatoms. The van der Waals surface area contributed by atoms with Gasteiger partial charge >= 0.3 is 0 Å². The van der Waals surface area contributed by atoms with Gasteiger partial charge in [-0.25, -0.2) is 0 Å². The molecule has 1 heterocycles. The first-order chi connectivity index (χ1) is 7.97. The number of halogens is 2. The van der Waals surface area contributed by atoms with Crippen molar-refractivity contribution in [3.63, 3.8) is 0 Å². The number of hydrogen-bond donors (Lipinski definition) is 1. The van der Waals surface area contributed by atoms with Gasteiger partial charge in [0.1, 0.15) is 0 Å². The number of hydrogen-bond acceptors (Lipinski definition) is 2. The first-order valence-corrected chi connectivity index (χ1v) is 6.24. The molecule has 0 saturated carbocycles. The molecule has 1 aromatic rings. The molecule has 0 bridgehead atoms. The van der Waals surface area contributed by atoms with Gasteiger partial charge in [0.2, 0.25) is 0 Å². The zero-order valence-corrected chi connectivity index (χ0v) is 11.0. The van der Waals surface area contributed by atoms with Crippen LogP contribution in [0, 0.1) is 5.92 Å². The summed E-state index contributed by atoms with van der Waals surface area (Å²) in [5.41, 5.74) is 6.42. The van der Waals surface area contributed by atoms with Crippen LogP contribution in [0.5, 0.6) is 0 Å². The molecule has 1 saturated heterocycles. The molecule has 2 N–H and O–H groups in total. The number of carbonyl (C=O) groups is 1. The van der Waals surface area contributed by atoms with E-state index >= 15 is 0 Å². The molecule has 1 amide bonds. The second kappa shape index (κ2) is 4.84. The lowest BCUT2D eigenvalue weighted by Gasteiger charge is -2.16. The summed E-state index contributed by atoms with van der Waals surface area (Å²) >= 11 is 11.8. The summed E-state index contributed by atoms with van der Waals surface area (Å²) < 4.78 is 0. The van der Waals surface area contributed by atoms with Crippen LogP contribution in [-0.2, 0) is 0 Å². The van der Waals surface area contributed by atoms with Crippen molar-refractivity contribution in [2.24, 2.45) is 11.7 Å². The maximum absolute atomic E-state index is 12.2. The molecule has 0 spiro atoms. The van der Waals surface area contributed by atoms with Gasteiger partial charge < -0.3 is 10.6 Å². The molecule has 2 rings (SSSR count). The minimum atomic E-state index is -0.0609. The SMILES string of the molecule is CC1CN(C(=O)c2cc(Cl)cc(Cl)c2)CC1N. The van der Waals surface area contributed by atoms with Crippen molar-refractivity contribution in [1.82, 2.24) is 4.90 Å². The van der Waals surface area contributed by atoms with Crippen LogP contribution < -0.4 is 5.73 Å². The molecular formula is C12H14Cl2N2O. The van der Waals surface area contributed by atoms with E-state index in [0.717, 1.165) is 0 Å². The molecule has 17 heavy (non-hydrogen) atoms. The van der Waals surface area contributed by atoms with Gasteiger partial charge in [0, 0.05) is 34.7 Å². The van der Waals surface area contributed by atoms with Gasteiger partial charge in [-0.2, -0.15) is 0 Å². The number of benzene rings is 1.